The number of rotatable bonds is 6. The second kappa shape index (κ2) is 8.08. The number of carbonyl (C=O) groups excluding carboxylic acids is 1. The third-order valence-corrected chi connectivity index (χ3v) is 5.33. The summed E-state index contributed by atoms with van der Waals surface area (Å²) < 4.78 is 5.72. The molecule has 2 heterocycles. The van der Waals surface area contributed by atoms with E-state index in [0.29, 0.717) is 16.1 Å². The number of nitrogens with zero attached hydrogens (tertiary/aromatic N) is 2. The topological polar surface area (TPSA) is 83.8 Å². The molecule has 1 atom stereocenters. The highest BCUT2D eigenvalue weighted by Gasteiger charge is 2.15. The van der Waals surface area contributed by atoms with Crippen molar-refractivity contribution in [3.63, 3.8) is 0 Å². The highest BCUT2D eigenvalue weighted by molar-refractivity contribution is 7.99. The maximum Gasteiger partial charge on any atom is 0.277 e. The summed E-state index contributed by atoms with van der Waals surface area (Å²) in [6.45, 7) is 1.91. The summed E-state index contributed by atoms with van der Waals surface area (Å²) in [5.74, 6) is 0.484. The van der Waals surface area contributed by atoms with Gasteiger partial charge in [0.15, 0.2) is 0 Å². The van der Waals surface area contributed by atoms with Crippen LogP contribution in [0.4, 0.5) is 0 Å². The van der Waals surface area contributed by atoms with Crippen molar-refractivity contribution in [2.24, 2.45) is 0 Å². The minimum atomic E-state index is -0.142. The molecule has 0 aliphatic rings. The Bertz CT molecular complexity index is 1120. The van der Waals surface area contributed by atoms with E-state index >= 15 is 0 Å². The Labute approximate surface area is 170 Å². The van der Waals surface area contributed by atoms with Crippen LogP contribution in [0.1, 0.15) is 18.5 Å². The molecule has 2 N–H and O–H groups in total. The number of para-hydroxylation sites is 1. The van der Waals surface area contributed by atoms with Crippen LogP contribution in [0.5, 0.6) is 0 Å². The number of aromatic amines is 1. The van der Waals surface area contributed by atoms with E-state index in [9.17, 15) is 4.79 Å². The third kappa shape index (κ3) is 4.05. The molecule has 0 saturated heterocycles. The van der Waals surface area contributed by atoms with E-state index < -0.39 is 0 Å². The van der Waals surface area contributed by atoms with Gasteiger partial charge in [-0.1, -0.05) is 53.7 Å². The van der Waals surface area contributed by atoms with Crippen molar-refractivity contribution < 1.29 is 9.21 Å². The first-order valence-corrected chi connectivity index (χ1v) is 10.0. The standard InChI is InChI=1S/C20H17ClN4O2S/c1-12(13-5-4-6-14(21)9-13)23-18(26)11-28-20-25-24-19(27-20)16-10-22-17-8-3-2-7-15(16)17/h2-10,12,22H,11H2,1H3,(H,23,26)/t12-/m1/s1. The van der Waals surface area contributed by atoms with E-state index in [0.717, 1.165) is 22.0 Å². The summed E-state index contributed by atoms with van der Waals surface area (Å²) in [4.78, 5) is 15.4. The average Bonchev–Trinajstić information content (AvgIpc) is 3.33. The lowest BCUT2D eigenvalue weighted by Crippen LogP contribution is -2.28. The van der Waals surface area contributed by atoms with Gasteiger partial charge >= 0.3 is 0 Å². The molecule has 0 aliphatic carbocycles. The van der Waals surface area contributed by atoms with Crippen LogP contribution in [0.15, 0.2) is 64.4 Å². The number of H-pyrrole nitrogens is 1. The molecule has 2 aromatic carbocycles. The van der Waals surface area contributed by atoms with Gasteiger partial charge in [0.25, 0.3) is 11.1 Å². The summed E-state index contributed by atoms with van der Waals surface area (Å²) in [5, 5.41) is 13.1. The Balaban J connectivity index is 1.37. The van der Waals surface area contributed by atoms with Crippen molar-refractivity contribution in [3.05, 3.63) is 65.3 Å². The van der Waals surface area contributed by atoms with Gasteiger partial charge in [-0.3, -0.25) is 4.79 Å². The second-order valence-electron chi connectivity index (χ2n) is 6.25. The SMILES string of the molecule is C[C@@H](NC(=O)CSc1nnc(-c2c[nH]c3ccccc23)o1)c1cccc(Cl)c1. The Hall–Kier alpha value is -2.77. The molecule has 0 spiro atoms. The van der Waals surface area contributed by atoms with Crippen molar-refractivity contribution in [1.29, 1.82) is 0 Å². The zero-order chi connectivity index (χ0) is 19.5. The number of halogens is 1. The summed E-state index contributed by atoms with van der Waals surface area (Å²) in [7, 11) is 0. The highest BCUT2D eigenvalue weighted by Crippen LogP contribution is 2.29. The lowest BCUT2D eigenvalue weighted by molar-refractivity contribution is -0.119. The fourth-order valence-corrected chi connectivity index (χ4v) is 3.67. The maximum absolute atomic E-state index is 12.2. The minimum absolute atomic E-state index is 0.121. The van der Waals surface area contributed by atoms with Gasteiger partial charge in [-0.2, -0.15) is 0 Å². The predicted molar refractivity (Wildman–Crippen MR) is 110 cm³/mol. The normalized spacial score (nSPS) is 12.2. The molecular weight excluding hydrogens is 396 g/mol. The van der Waals surface area contributed by atoms with Gasteiger partial charge in [-0.05, 0) is 30.7 Å². The monoisotopic (exact) mass is 412 g/mol. The number of amides is 1. The maximum atomic E-state index is 12.2. The molecule has 6 nitrogen and oxygen atoms in total. The molecule has 28 heavy (non-hydrogen) atoms. The van der Waals surface area contributed by atoms with Crippen LogP contribution < -0.4 is 5.32 Å². The van der Waals surface area contributed by atoms with E-state index in [1.54, 1.807) is 6.07 Å². The molecule has 2 aromatic heterocycles. The van der Waals surface area contributed by atoms with E-state index in [4.69, 9.17) is 16.0 Å². The van der Waals surface area contributed by atoms with E-state index in [1.165, 1.54) is 11.8 Å². The molecule has 0 saturated carbocycles. The zero-order valence-corrected chi connectivity index (χ0v) is 16.6. The van der Waals surface area contributed by atoms with Crippen LogP contribution in [0.25, 0.3) is 22.4 Å². The number of fused-ring (bicyclic) bond motifs is 1. The number of thioether (sulfide) groups is 1. The lowest BCUT2D eigenvalue weighted by Gasteiger charge is -2.14. The van der Waals surface area contributed by atoms with Crippen LogP contribution >= 0.6 is 23.4 Å². The smallest absolute Gasteiger partial charge is 0.277 e. The van der Waals surface area contributed by atoms with E-state index in [1.807, 2.05) is 55.6 Å². The fourth-order valence-electron chi connectivity index (χ4n) is 2.90. The summed E-state index contributed by atoms with van der Waals surface area (Å²) in [6, 6.07) is 15.2. The number of aromatic nitrogens is 3. The zero-order valence-electron chi connectivity index (χ0n) is 15.0. The highest BCUT2D eigenvalue weighted by atomic mass is 35.5. The molecule has 4 aromatic rings. The van der Waals surface area contributed by atoms with Crippen LogP contribution in [-0.2, 0) is 4.79 Å². The summed E-state index contributed by atoms with van der Waals surface area (Å²) in [6.07, 6.45) is 1.84. The van der Waals surface area contributed by atoms with Gasteiger partial charge in [-0.25, -0.2) is 0 Å². The van der Waals surface area contributed by atoms with Crippen molar-refractivity contribution >= 4 is 40.2 Å². The Morgan fingerprint density at radius 1 is 1.25 bits per heavy atom. The van der Waals surface area contributed by atoms with Crippen LogP contribution in [0.2, 0.25) is 5.02 Å². The molecule has 8 heteroatoms. The minimum Gasteiger partial charge on any atom is -0.411 e. The Morgan fingerprint density at radius 3 is 2.96 bits per heavy atom. The number of hydrogen-bond donors (Lipinski definition) is 2. The number of hydrogen-bond acceptors (Lipinski definition) is 5. The van der Waals surface area contributed by atoms with E-state index in [-0.39, 0.29) is 17.7 Å². The quantitative estimate of drug-likeness (QED) is 0.442. The third-order valence-electron chi connectivity index (χ3n) is 4.28. The van der Waals surface area contributed by atoms with Gasteiger partial charge in [0, 0.05) is 22.1 Å². The van der Waals surface area contributed by atoms with Gasteiger partial charge in [0.05, 0.1) is 17.4 Å². The number of nitrogens with one attached hydrogen (secondary N) is 2. The Kier molecular flexibility index (Phi) is 5.36. The second-order valence-corrected chi connectivity index (χ2v) is 7.62. The van der Waals surface area contributed by atoms with Crippen LogP contribution in [-0.4, -0.2) is 26.8 Å². The first-order chi connectivity index (χ1) is 13.6. The van der Waals surface area contributed by atoms with Crippen LogP contribution in [0.3, 0.4) is 0 Å². The molecule has 0 fully saturated rings. The Morgan fingerprint density at radius 2 is 2.11 bits per heavy atom. The number of carbonyl (C=O) groups is 1. The van der Waals surface area contributed by atoms with Gasteiger partial charge in [0.1, 0.15) is 0 Å². The first kappa shape index (κ1) is 18.6. The predicted octanol–water partition coefficient (Wildman–Crippen LogP) is 4.84. The lowest BCUT2D eigenvalue weighted by atomic mass is 10.1. The molecule has 0 bridgehead atoms. The molecule has 0 radical (unpaired) electrons. The molecule has 0 aliphatic heterocycles. The molecule has 0 unspecified atom stereocenters. The van der Waals surface area contributed by atoms with Crippen molar-refractivity contribution in [2.45, 2.75) is 18.2 Å². The van der Waals surface area contributed by atoms with Crippen molar-refractivity contribution in [3.8, 4) is 11.5 Å². The van der Waals surface area contributed by atoms with Crippen LogP contribution in [0, 0.1) is 0 Å². The molecule has 142 valence electrons. The molecular formula is C20H17ClN4O2S. The summed E-state index contributed by atoms with van der Waals surface area (Å²) in [5.41, 5.74) is 2.79. The average molecular weight is 413 g/mol. The first-order valence-electron chi connectivity index (χ1n) is 8.68. The van der Waals surface area contributed by atoms with Gasteiger partial charge < -0.3 is 14.7 Å². The van der Waals surface area contributed by atoms with Gasteiger partial charge in [0.2, 0.25) is 5.91 Å². The summed E-state index contributed by atoms with van der Waals surface area (Å²) >= 11 is 7.20. The van der Waals surface area contributed by atoms with Gasteiger partial charge in [-0.15, -0.1) is 10.2 Å². The largest absolute Gasteiger partial charge is 0.411 e. The fraction of sp³-hybridized carbons (Fsp3) is 0.150. The van der Waals surface area contributed by atoms with Crippen molar-refractivity contribution in [1.82, 2.24) is 20.5 Å². The van der Waals surface area contributed by atoms with E-state index in [2.05, 4.69) is 20.5 Å². The molecule has 1 amide bonds. The molecule has 4 rings (SSSR count). The van der Waals surface area contributed by atoms with Crippen molar-refractivity contribution in [2.75, 3.05) is 5.75 Å². The number of benzene rings is 2.